The molecule has 2 aliphatic rings. The molecule has 1 aromatic heterocycles. The molecule has 1 saturated heterocycles. The Labute approximate surface area is 156 Å². The van der Waals surface area contributed by atoms with Crippen molar-refractivity contribution in [3.63, 3.8) is 0 Å². The summed E-state index contributed by atoms with van der Waals surface area (Å²) < 4.78 is 5.83. The third kappa shape index (κ3) is 4.94. The van der Waals surface area contributed by atoms with E-state index in [0.717, 1.165) is 44.5 Å². The molecule has 2 fully saturated rings. The fourth-order valence-corrected chi connectivity index (χ4v) is 3.26. The van der Waals surface area contributed by atoms with Crippen LogP contribution in [-0.4, -0.2) is 36.1 Å². The molecule has 1 atom stereocenters. The maximum Gasteiger partial charge on any atom is 0.119 e. The first-order valence-electron chi connectivity index (χ1n) is 8.95. The monoisotopic (exact) mass is 359 g/mol. The Morgan fingerprint density at radius 2 is 2.00 bits per heavy atom. The minimum atomic E-state index is 0. The van der Waals surface area contributed by atoms with Crippen molar-refractivity contribution in [3.8, 4) is 5.75 Å². The van der Waals surface area contributed by atoms with Crippen LogP contribution >= 0.6 is 12.4 Å². The molecule has 2 heterocycles. The van der Waals surface area contributed by atoms with E-state index >= 15 is 0 Å². The summed E-state index contributed by atoms with van der Waals surface area (Å²) >= 11 is 0. The first-order valence-corrected chi connectivity index (χ1v) is 8.95. The van der Waals surface area contributed by atoms with Crippen LogP contribution in [0.2, 0.25) is 0 Å². The number of nitrogens with one attached hydrogen (secondary N) is 1. The number of nitrogens with zero attached hydrogens (tertiary/aromatic N) is 2. The van der Waals surface area contributed by atoms with E-state index in [4.69, 9.17) is 4.74 Å². The molecule has 5 heteroatoms. The zero-order valence-electron chi connectivity index (χ0n) is 14.4. The molecular formula is C20H26ClN3O. The van der Waals surface area contributed by atoms with Gasteiger partial charge >= 0.3 is 0 Å². The van der Waals surface area contributed by atoms with E-state index in [1.54, 1.807) is 0 Å². The maximum atomic E-state index is 5.83. The summed E-state index contributed by atoms with van der Waals surface area (Å²) in [6.45, 7) is 4.91. The van der Waals surface area contributed by atoms with Crippen LogP contribution in [0.3, 0.4) is 0 Å². The number of hydrogen-bond donors (Lipinski definition) is 1. The zero-order chi connectivity index (χ0) is 16.2. The van der Waals surface area contributed by atoms with Crippen LogP contribution in [0.5, 0.6) is 5.75 Å². The van der Waals surface area contributed by atoms with Crippen LogP contribution < -0.4 is 10.1 Å². The molecule has 0 bridgehead atoms. The summed E-state index contributed by atoms with van der Waals surface area (Å²) in [6.07, 6.45) is 6.48. The van der Waals surface area contributed by atoms with Crippen molar-refractivity contribution in [2.75, 3.05) is 26.2 Å². The average molecular weight is 360 g/mol. The molecule has 1 aliphatic carbocycles. The second-order valence-corrected chi connectivity index (χ2v) is 6.88. The van der Waals surface area contributed by atoms with Crippen LogP contribution in [0.4, 0.5) is 0 Å². The number of halogens is 1. The highest BCUT2D eigenvalue weighted by molar-refractivity contribution is 5.85. The van der Waals surface area contributed by atoms with Gasteiger partial charge in [0.1, 0.15) is 5.75 Å². The molecule has 0 amide bonds. The third-order valence-corrected chi connectivity index (χ3v) is 4.92. The van der Waals surface area contributed by atoms with Gasteiger partial charge in [-0.05, 0) is 48.1 Å². The smallest absolute Gasteiger partial charge is 0.119 e. The fourth-order valence-electron chi connectivity index (χ4n) is 3.26. The summed E-state index contributed by atoms with van der Waals surface area (Å²) in [6, 6.07) is 13.2. The Kier molecular flexibility index (Phi) is 6.29. The molecule has 25 heavy (non-hydrogen) atoms. The highest BCUT2D eigenvalue weighted by Crippen LogP contribution is 2.30. The quantitative estimate of drug-likeness (QED) is 0.857. The first kappa shape index (κ1) is 18.2. The first-order chi connectivity index (χ1) is 11.9. The lowest BCUT2D eigenvalue weighted by Crippen LogP contribution is -2.45. The second kappa shape index (κ2) is 8.65. The van der Waals surface area contributed by atoms with Gasteiger partial charge in [0, 0.05) is 44.6 Å². The second-order valence-electron chi connectivity index (χ2n) is 6.88. The van der Waals surface area contributed by atoms with Crippen molar-refractivity contribution in [2.45, 2.75) is 25.4 Å². The molecule has 1 aliphatic heterocycles. The van der Waals surface area contributed by atoms with E-state index in [9.17, 15) is 0 Å². The summed E-state index contributed by atoms with van der Waals surface area (Å²) in [7, 11) is 0. The lowest BCUT2D eigenvalue weighted by atomic mass is 10.0. The van der Waals surface area contributed by atoms with Crippen molar-refractivity contribution in [2.24, 2.45) is 5.92 Å². The SMILES string of the molecule is Cl.c1cncc(C2CNCCN2Cc2ccc(OCC3CC3)cc2)c1. The Morgan fingerprint density at radius 1 is 1.16 bits per heavy atom. The van der Waals surface area contributed by atoms with Gasteiger partial charge in [0.2, 0.25) is 0 Å². The lowest BCUT2D eigenvalue weighted by molar-refractivity contribution is 0.153. The standard InChI is InChI=1S/C20H25N3O.ClH/c1-2-18(12-21-9-1)20-13-22-10-11-23(20)14-16-5-7-19(8-6-16)24-15-17-3-4-17;/h1-2,5-9,12,17,20,22H,3-4,10-11,13-15H2;1H. The molecule has 0 spiro atoms. The highest BCUT2D eigenvalue weighted by atomic mass is 35.5. The minimum absolute atomic E-state index is 0. The highest BCUT2D eigenvalue weighted by Gasteiger charge is 2.24. The van der Waals surface area contributed by atoms with Gasteiger partial charge in [-0.2, -0.15) is 0 Å². The number of ether oxygens (including phenoxy) is 1. The van der Waals surface area contributed by atoms with Gasteiger partial charge in [0.25, 0.3) is 0 Å². The number of piperazine rings is 1. The van der Waals surface area contributed by atoms with E-state index in [1.165, 1.54) is 24.0 Å². The van der Waals surface area contributed by atoms with Crippen molar-refractivity contribution in [3.05, 3.63) is 59.9 Å². The number of hydrogen-bond acceptors (Lipinski definition) is 4. The van der Waals surface area contributed by atoms with E-state index in [0.29, 0.717) is 6.04 Å². The number of rotatable bonds is 6. The maximum absolute atomic E-state index is 5.83. The van der Waals surface area contributed by atoms with E-state index in [1.807, 2.05) is 18.5 Å². The predicted molar refractivity (Wildman–Crippen MR) is 102 cm³/mol. The summed E-state index contributed by atoms with van der Waals surface area (Å²) in [5.41, 5.74) is 2.62. The zero-order valence-corrected chi connectivity index (χ0v) is 15.3. The van der Waals surface area contributed by atoms with Crippen molar-refractivity contribution in [1.29, 1.82) is 0 Å². The number of aromatic nitrogens is 1. The Hall–Kier alpha value is -1.62. The molecule has 0 radical (unpaired) electrons. The van der Waals surface area contributed by atoms with Gasteiger partial charge in [-0.3, -0.25) is 9.88 Å². The average Bonchev–Trinajstić information content (AvgIpc) is 3.47. The van der Waals surface area contributed by atoms with Crippen LogP contribution in [0.25, 0.3) is 0 Å². The van der Waals surface area contributed by atoms with Gasteiger partial charge in [-0.25, -0.2) is 0 Å². The molecular weight excluding hydrogens is 334 g/mol. The molecule has 4 rings (SSSR count). The van der Waals surface area contributed by atoms with Gasteiger partial charge in [0.15, 0.2) is 0 Å². The summed E-state index contributed by atoms with van der Waals surface area (Å²) in [5, 5.41) is 3.50. The van der Waals surface area contributed by atoms with Crippen LogP contribution in [-0.2, 0) is 6.54 Å². The molecule has 1 saturated carbocycles. The molecule has 1 aromatic carbocycles. The van der Waals surface area contributed by atoms with E-state index in [2.05, 4.69) is 45.5 Å². The summed E-state index contributed by atoms with van der Waals surface area (Å²) in [4.78, 5) is 6.82. The Bertz CT molecular complexity index is 646. The Morgan fingerprint density at radius 3 is 2.72 bits per heavy atom. The third-order valence-electron chi connectivity index (χ3n) is 4.92. The molecule has 1 unspecified atom stereocenters. The molecule has 134 valence electrons. The van der Waals surface area contributed by atoms with Crippen molar-refractivity contribution >= 4 is 12.4 Å². The molecule has 1 N–H and O–H groups in total. The Balaban J connectivity index is 0.00000182. The topological polar surface area (TPSA) is 37.4 Å². The van der Waals surface area contributed by atoms with E-state index < -0.39 is 0 Å². The minimum Gasteiger partial charge on any atom is -0.493 e. The molecule has 2 aromatic rings. The van der Waals surface area contributed by atoms with Crippen molar-refractivity contribution in [1.82, 2.24) is 15.2 Å². The van der Waals surface area contributed by atoms with Gasteiger partial charge in [-0.1, -0.05) is 18.2 Å². The van der Waals surface area contributed by atoms with Crippen LogP contribution in [0, 0.1) is 5.92 Å². The summed E-state index contributed by atoms with van der Waals surface area (Å²) in [5.74, 6) is 1.79. The molecule has 4 nitrogen and oxygen atoms in total. The van der Waals surface area contributed by atoms with Crippen LogP contribution in [0.15, 0.2) is 48.8 Å². The van der Waals surface area contributed by atoms with Gasteiger partial charge in [-0.15, -0.1) is 12.4 Å². The number of pyridine rings is 1. The number of benzene rings is 1. The lowest BCUT2D eigenvalue weighted by Gasteiger charge is -2.36. The van der Waals surface area contributed by atoms with Gasteiger partial charge < -0.3 is 10.1 Å². The van der Waals surface area contributed by atoms with E-state index in [-0.39, 0.29) is 12.4 Å². The van der Waals surface area contributed by atoms with Gasteiger partial charge in [0.05, 0.1) is 6.61 Å². The van der Waals surface area contributed by atoms with Crippen LogP contribution in [0.1, 0.15) is 30.0 Å². The fraction of sp³-hybridized carbons (Fsp3) is 0.450. The van der Waals surface area contributed by atoms with Crippen molar-refractivity contribution < 1.29 is 4.74 Å². The normalized spacial score (nSPS) is 20.7. The predicted octanol–water partition coefficient (Wildman–Crippen LogP) is 3.44. The largest absolute Gasteiger partial charge is 0.493 e.